The summed E-state index contributed by atoms with van der Waals surface area (Å²) >= 11 is 0. The number of amides is 1. The molecule has 3 aromatic rings. The highest BCUT2D eigenvalue weighted by Crippen LogP contribution is 2.14. The maximum absolute atomic E-state index is 13.8. The third-order valence-corrected chi connectivity index (χ3v) is 4.70. The average molecular weight is 381 g/mol. The van der Waals surface area contributed by atoms with E-state index in [2.05, 4.69) is 17.3 Å². The van der Waals surface area contributed by atoms with Gasteiger partial charge in [-0.3, -0.25) is 9.59 Å². The highest BCUT2D eigenvalue weighted by molar-refractivity contribution is 6.04. The fourth-order valence-corrected chi connectivity index (χ4v) is 3.14. The summed E-state index contributed by atoms with van der Waals surface area (Å²) < 4.78 is 15.2. The molecule has 0 radical (unpaired) electrons. The minimum absolute atomic E-state index is 0.0527. The predicted molar refractivity (Wildman–Crippen MR) is 108 cm³/mol. The zero-order valence-electron chi connectivity index (χ0n) is 16.0. The van der Waals surface area contributed by atoms with Crippen molar-refractivity contribution >= 4 is 16.7 Å². The number of aromatic nitrogens is 2. The van der Waals surface area contributed by atoms with E-state index < -0.39 is 5.91 Å². The van der Waals surface area contributed by atoms with Crippen LogP contribution in [0.25, 0.3) is 10.8 Å². The van der Waals surface area contributed by atoms with E-state index in [1.165, 1.54) is 10.7 Å². The number of nitrogens with zero attached hydrogens (tertiary/aromatic N) is 2. The molecule has 1 heterocycles. The summed E-state index contributed by atoms with van der Waals surface area (Å²) in [5.41, 5.74) is 0.382. The lowest BCUT2D eigenvalue weighted by molar-refractivity contribution is 0.0945. The zero-order chi connectivity index (χ0) is 19.9. The van der Waals surface area contributed by atoms with Crippen molar-refractivity contribution in [1.82, 2.24) is 15.1 Å². The van der Waals surface area contributed by atoms with E-state index in [1.54, 1.807) is 42.5 Å². The summed E-state index contributed by atoms with van der Waals surface area (Å²) in [5.74, 6) is -0.803. The molecule has 28 heavy (non-hydrogen) atoms. The molecule has 1 N–H and O–H groups in total. The van der Waals surface area contributed by atoms with Crippen LogP contribution in [0.4, 0.5) is 4.39 Å². The summed E-state index contributed by atoms with van der Waals surface area (Å²) in [7, 11) is 0. The third kappa shape index (κ3) is 4.44. The van der Waals surface area contributed by atoms with Gasteiger partial charge in [0, 0.05) is 24.0 Å². The Morgan fingerprint density at radius 3 is 2.50 bits per heavy atom. The van der Waals surface area contributed by atoms with Gasteiger partial charge < -0.3 is 5.32 Å². The minimum Gasteiger partial charge on any atom is -0.346 e. The van der Waals surface area contributed by atoms with E-state index in [0.717, 1.165) is 25.7 Å². The van der Waals surface area contributed by atoms with Crippen LogP contribution in [0.15, 0.2) is 53.3 Å². The molecule has 0 unspecified atom stereocenters. The van der Waals surface area contributed by atoms with E-state index >= 15 is 0 Å². The quantitative estimate of drug-likeness (QED) is 0.599. The van der Waals surface area contributed by atoms with Crippen molar-refractivity contribution in [2.75, 3.05) is 0 Å². The highest BCUT2D eigenvalue weighted by Gasteiger charge is 2.16. The van der Waals surface area contributed by atoms with Crippen LogP contribution in [-0.2, 0) is 13.1 Å². The van der Waals surface area contributed by atoms with Crippen molar-refractivity contribution in [2.24, 2.45) is 0 Å². The monoisotopic (exact) mass is 381 g/mol. The van der Waals surface area contributed by atoms with Gasteiger partial charge >= 0.3 is 0 Å². The summed E-state index contributed by atoms with van der Waals surface area (Å²) in [6.45, 7) is 2.65. The lowest BCUT2D eigenvalue weighted by atomic mass is 10.1. The zero-order valence-corrected chi connectivity index (χ0v) is 16.0. The Morgan fingerprint density at radius 1 is 1.04 bits per heavy atom. The molecule has 0 atom stereocenters. The number of halogens is 1. The normalized spacial score (nSPS) is 10.9. The average Bonchev–Trinajstić information content (AvgIpc) is 2.72. The molecule has 0 spiro atoms. The van der Waals surface area contributed by atoms with Gasteiger partial charge in [0.15, 0.2) is 5.69 Å². The molecule has 0 bridgehead atoms. The van der Waals surface area contributed by atoms with Crippen LogP contribution < -0.4 is 10.9 Å². The molecule has 0 aliphatic rings. The van der Waals surface area contributed by atoms with E-state index in [1.807, 2.05) is 0 Å². The van der Waals surface area contributed by atoms with Crippen LogP contribution in [0.3, 0.4) is 0 Å². The van der Waals surface area contributed by atoms with Gasteiger partial charge in [-0.15, -0.1) is 0 Å². The Morgan fingerprint density at radius 2 is 1.75 bits per heavy atom. The van der Waals surface area contributed by atoms with Gasteiger partial charge in [0.05, 0.1) is 5.39 Å². The molecule has 6 heteroatoms. The molecule has 0 saturated carbocycles. The highest BCUT2D eigenvalue weighted by atomic mass is 19.1. The SMILES string of the molecule is CCCCCCn1nc(C(=O)NCc2ccccc2F)c2ccccc2c1=O. The first-order valence-electron chi connectivity index (χ1n) is 9.63. The van der Waals surface area contributed by atoms with E-state index in [-0.39, 0.29) is 23.6 Å². The van der Waals surface area contributed by atoms with E-state index in [4.69, 9.17) is 0 Å². The molecular formula is C22H24FN3O2. The molecule has 5 nitrogen and oxygen atoms in total. The number of carbonyl (C=O) groups excluding carboxylic acids is 1. The lowest BCUT2D eigenvalue weighted by Crippen LogP contribution is -2.30. The molecule has 1 aromatic heterocycles. The second-order valence-corrected chi connectivity index (χ2v) is 6.76. The Kier molecular flexibility index (Phi) is 6.53. The van der Waals surface area contributed by atoms with Crippen LogP contribution in [-0.4, -0.2) is 15.7 Å². The first-order valence-corrected chi connectivity index (χ1v) is 9.63. The number of hydrogen-bond donors (Lipinski definition) is 1. The molecule has 0 fully saturated rings. The molecule has 2 aromatic carbocycles. The summed E-state index contributed by atoms with van der Waals surface area (Å²) in [6, 6.07) is 13.2. The van der Waals surface area contributed by atoms with Crippen LogP contribution in [0, 0.1) is 5.82 Å². The second-order valence-electron chi connectivity index (χ2n) is 6.76. The Balaban J connectivity index is 1.88. The maximum Gasteiger partial charge on any atom is 0.274 e. The fraction of sp³-hybridized carbons (Fsp3) is 0.318. The van der Waals surface area contributed by atoms with Gasteiger partial charge in [-0.2, -0.15) is 5.10 Å². The standard InChI is InChI=1S/C22H24FN3O2/c1-2-3-4-9-14-26-22(28)18-12-7-6-11-17(18)20(25-26)21(27)24-15-16-10-5-8-13-19(16)23/h5-8,10-13H,2-4,9,14-15H2,1H3,(H,24,27). The summed E-state index contributed by atoms with van der Waals surface area (Å²) in [5, 5.41) is 8.01. The van der Waals surface area contributed by atoms with Gasteiger partial charge in [-0.1, -0.05) is 62.6 Å². The van der Waals surface area contributed by atoms with Crippen LogP contribution in [0.1, 0.15) is 48.7 Å². The number of hydrogen-bond acceptors (Lipinski definition) is 3. The number of unbranched alkanes of at least 4 members (excludes halogenated alkanes) is 3. The van der Waals surface area contributed by atoms with Gasteiger partial charge in [-0.05, 0) is 18.6 Å². The topological polar surface area (TPSA) is 64.0 Å². The number of carbonyl (C=O) groups is 1. The maximum atomic E-state index is 13.8. The molecule has 146 valence electrons. The number of nitrogens with one attached hydrogen (secondary N) is 1. The molecule has 0 aliphatic carbocycles. The number of fused-ring (bicyclic) bond motifs is 1. The second kappa shape index (κ2) is 9.26. The molecule has 0 saturated heterocycles. The Labute approximate surface area is 163 Å². The predicted octanol–water partition coefficient (Wildman–Crippen LogP) is 4.05. The van der Waals surface area contributed by atoms with Crippen molar-refractivity contribution in [2.45, 2.75) is 45.7 Å². The van der Waals surface area contributed by atoms with Gasteiger partial charge in [0.2, 0.25) is 0 Å². The summed E-state index contributed by atoms with van der Waals surface area (Å²) in [6.07, 6.45) is 4.03. The summed E-state index contributed by atoms with van der Waals surface area (Å²) in [4.78, 5) is 25.5. The van der Waals surface area contributed by atoms with Crippen molar-refractivity contribution in [3.8, 4) is 0 Å². The Bertz CT molecular complexity index is 1030. The van der Waals surface area contributed by atoms with Crippen LogP contribution in [0.5, 0.6) is 0 Å². The van der Waals surface area contributed by atoms with Crippen molar-refractivity contribution in [1.29, 1.82) is 0 Å². The minimum atomic E-state index is -0.429. The molecule has 0 aliphatic heterocycles. The largest absolute Gasteiger partial charge is 0.346 e. The Hall–Kier alpha value is -3.02. The van der Waals surface area contributed by atoms with Crippen molar-refractivity contribution in [3.63, 3.8) is 0 Å². The fourth-order valence-electron chi connectivity index (χ4n) is 3.14. The van der Waals surface area contributed by atoms with Crippen LogP contribution in [0.2, 0.25) is 0 Å². The third-order valence-electron chi connectivity index (χ3n) is 4.70. The number of rotatable bonds is 8. The van der Waals surface area contributed by atoms with Gasteiger partial charge in [-0.25, -0.2) is 9.07 Å². The molecule has 3 rings (SSSR count). The van der Waals surface area contributed by atoms with E-state index in [9.17, 15) is 14.0 Å². The first-order chi connectivity index (χ1) is 13.6. The molecule has 1 amide bonds. The lowest BCUT2D eigenvalue weighted by Gasteiger charge is -2.11. The number of aryl methyl sites for hydroxylation is 1. The van der Waals surface area contributed by atoms with Gasteiger partial charge in [0.25, 0.3) is 11.5 Å². The van der Waals surface area contributed by atoms with E-state index in [0.29, 0.717) is 22.9 Å². The molecular weight excluding hydrogens is 357 g/mol. The van der Waals surface area contributed by atoms with Gasteiger partial charge in [0.1, 0.15) is 5.82 Å². The first kappa shape index (κ1) is 19.7. The van der Waals surface area contributed by atoms with Crippen molar-refractivity contribution < 1.29 is 9.18 Å². The smallest absolute Gasteiger partial charge is 0.274 e. The van der Waals surface area contributed by atoms with Crippen molar-refractivity contribution in [3.05, 3.63) is 76.0 Å². The van der Waals surface area contributed by atoms with Crippen LogP contribution >= 0.6 is 0 Å². The number of benzene rings is 2.